The van der Waals surface area contributed by atoms with Crippen molar-refractivity contribution in [3.63, 3.8) is 0 Å². The summed E-state index contributed by atoms with van der Waals surface area (Å²) in [4.78, 5) is 14.6. The molecule has 4 nitrogen and oxygen atoms in total. The largest absolute Gasteiger partial charge is 0.472 e. The molecular formula is C19H21NO3. The quantitative estimate of drug-likeness (QED) is 0.769. The van der Waals surface area contributed by atoms with Gasteiger partial charge >= 0.3 is 0 Å². The maximum atomic E-state index is 12.7. The van der Waals surface area contributed by atoms with E-state index >= 15 is 0 Å². The minimum Gasteiger partial charge on any atom is -0.472 e. The molecule has 1 amide bonds. The third-order valence-corrected chi connectivity index (χ3v) is 4.23. The Morgan fingerprint density at radius 3 is 2.87 bits per heavy atom. The second-order valence-electron chi connectivity index (χ2n) is 5.72. The lowest BCUT2D eigenvalue weighted by molar-refractivity contribution is 0.0379. The van der Waals surface area contributed by atoms with E-state index in [0.717, 1.165) is 12.8 Å². The molecule has 0 unspecified atom stereocenters. The molecule has 1 saturated heterocycles. The van der Waals surface area contributed by atoms with E-state index in [0.29, 0.717) is 18.7 Å². The number of furan rings is 1. The predicted molar refractivity (Wildman–Crippen MR) is 88.2 cm³/mol. The molecule has 1 aliphatic heterocycles. The van der Waals surface area contributed by atoms with E-state index in [1.54, 1.807) is 12.1 Å². The van der Waals surface area contributed by atoms with E-state index in [1.165, 1.54) is 18.1 Å². The van der Waals surface area contributed by atoms with Crippen LogP contribution >= 0.6 is 0 Å². The Morgan fingerprint density at radius 2 is 2.17 bits per heavy atom. The van der Waals surface area contributed by atoms with Gasteiger partial charge in [-0.2, -0.15) is 0 Å². The van der Waals surface area contributed by atoms with Gasteiger partial charge in [0.15, 0.2) is 0 Å². The van der Waals surface area contributed by atoms with E-state index in [1.807, 2.05) is 23.1 Å². The van der Waals surface area contributed by atoms with Gasteiger partial charge in [0.1, 0.15) is 6.26 Å². The molecule has 1 aliphatic rings. The number of ether oxygens (including phenoxy) is 1. The second kappa shape index (κ2) is 7.29. The fourth-order valence-corrected chi connectivity index (χ4v) is 3.11. The molecule has 1 aromatic carbocycles. The topological polar surface area (TPSA) is 42.7 Å². The summed E-state index contributed by atoms with van der Waals surface area (Å²) in [5, 5.41) is 0. The normalized spacial score (nSPS) is 20.6. The summed E-state index contributed by atoms with van der Waals surface area (Å²) in [6.07, 6.45) is 6.44. The van der Waals surface area contributed by atoms with E-state index in [9.17, 15) is 4.79 Å². The molecule has 4 heteroatoms. The number of hydrogen-bond acceptors (Lipinski definition) is 3. The fourth-order valence-electron chi connectivity index (χ4n) is 3.11. The fraction of sp³-hybridized carbons (Fsp3) is 0.316. The van der Waals surface area contributed by atoms with Crippen molar-refractivity contribution < 1.29 is 13.9 Å². The van der Waals surface area contributed by atoms with Crippen molar-refractivity contribution in [1.29, 1.82) is 0 Å². The summed E-state index contributed by atoms with van der Waals surface area (Å²) in [5.74, 6) is 0.00406. The summed E-state index contributed by atoms with van der Waals surface area (Å²) < 4.78 is 10.9. The van der Waals surface area contributed by atoms with Gasteiger partial charge in [0.25, 0.3) is 5.91 Å². The third-order valence-electron chi connectivity index (χ3n) is 4.23. The van der Waals surface area contributed by atoms with Crippen LogP contribution in [0.4, 0.5) is 0 Å². The molecule has 0 aliphatic carbocycles. The molecule has 2 atom stereocenters. The monoisotopic (exact) mass is 311 g/mol. The van der Waals surface area contributed by atoms with Gasteiger partial charge in [-0.3, -0.25) is 4.79 Å². The molecule has 1 aromatic heterocycles. The molecule has 2 aromatic rings. The lowest BCUT2D eigenvalue weighted by Crippen LogP contribution is -2.41. The highest BCUT2D eigenvalue weighted by Crippen LogP contribution is 2.26. The van der Waals surface area contributed by atoms with Crippen molar-refractivity contribution in [2.24, 2.45) is 0 Å². The number of hydrogen-bond donors (Lipinski definition) is 0. The zero-order chi connectivity index (χ0) is 16.1. The summed E-state index contributed by atoms with van der Waals surface area (Å²) in [6.45, 7) is 4.91. The Labute approximate surface area is 136 Å². The van der Waals surface area contributed by atoms with Crippen LogP contribution in [0, 0.1) is 0 Å². The van der Waals surface area contributed by atoms with Crippen LogP contribution in [0.25, 0.3) is 0 Å². The standard InChI is InChI=1S/C19H21NO3/c1-2-11-23-18-8-10-20(19(21)16-9-12-22-14-16)17(18)13-15-6-4-3-5-7-15/h2-7,9,12,14,17-18H,1,8,10-11,13H2/t17-,18+/m0/s1. The van der Waals surface area contributed by atoms with E-state index < -0.39 is 0 Å². The molecule has 120 valence electrons. The number of likely N-dealkylation sites (tertiary alicyclic amines) is 1. The van der Waals surface area contributed by atoms with Crippen LogP contribution in [0.5, 0.6) is 0 Å². The van der Waals surface area contributed by atoms with Crippen LogP contribution in [-0.4, -0.2) is 36.1 Å². The lowest BCUT2D eigenvalue weighted by Gasteiger charge is -2.28. The van der Waals surface area contributed by atoms with Crippen molar-refractivity contribution >= 4 is 5.91 Å². The molecule has 0 bridgehead atoms. The number of carbonyl (C=O) groups excluding carboxylic acids is 1. The molecule has 0 N–H and O–H groups in total. The first-order valence-electron chi connectivity index (χ1n) is 7.89. The SMILES string of the molecule is C=CCO[C@@H]1CCN(C(=O)c2ccoc2)[C@H]1Cc1ccccc1. The van der Waals surface area contributed by atoms with Gasteiger partial charge in [-0.05, 0) is 24.5 Å². The van der Waals surface area contributed by atoms with E-state index in [-0.39, 0.29) is 18.1 Å². The van der Waals surface area contributed by atoms with Crippen LogP contribution in [0.2, 0.25) is 0 Å². The molecular weight excluding hydrogens is 290 g/mol. The van der Waals surface area contributed by atoms with Gasteiger partial charge in [-0.25, -0.2) is 0 Å². The highest BCUT2D eigenvalue weighted by atomic mass is 16.5. The Kier molecular flexibility index (Phi) is 4.93. The maximum absolute atomic E-state index is 12.7. The van der Waals surface area contributed by atoms with Gasteiger partial charge < -0.3 is 14.1 Å². The summed E-state index contributed by atoms with van der Waals surface area (Å²) in [5.41, 5.74) is 1.80. The number of benzene rings is 1. The number of carbonyl (C=O) groups is 1. The number of nitrogens with zero attached hydrogens (tertiary/aromatic N) is 1. The summed E-state index contributed by atoms with van der Waals surface area (Å²) in [6, 6.07) is 11.9. The van der Waals surface area contributed by atoms with Crippen molar-refractivity contribution in [3.8, 4) is 0 Å². The van der Waals surface area contributed by atoms with Crippen molar-refractivity contribution in [2.75, 3.05) is 13.2 Å². The van der Waals surface area contributed by atoms with Crippen LogP contribution in [0.3, 0.4) is 0 Å². The van der Waals surface area contributed by atoms with E-state index in [4.69, 9.17) is 9.15 Å². The second-order valence-corrected chi connectivity index (χ2v) is 5.72. The Morgan fingerprint density at radius 1 is 1.35 bits per heavy atom. The van der Waals surface area contributed by atoms with Gasteiger partial charge in [-0.1, -0.05) is 36.4 Å². The molecule has 0 radical (unpaired) electrons. The van der Waals surface area contributed by atoms with Crippen molar-refractivity contribution in [3.05, 3.63) is 72.7 Å². The van der Waals surface area contributed by atoms with Crippen LogP contribution in [0.1, 0.15) is 22.3 Å². The Bertz CT molecular complexity index is 636. The van der Waals surface area contributed by atoms with Crippen LogP contribution < -0.4 is 0 Å². The highest BCUT2D eigenvalue weighted by molar-refractivity contribution is 5.94. The first kappa shape index (κ1) is 15.6. The maximum Gasteiger partial charge on any atom is 0.257 e. The van der Waals surface area contributed by atoms with Gasteiger partial charge in [-0.15, -0.1) is 6.58 Å². The smallest absolute Gasteiger partial charge is 0.257 e. The van der Waals surface area contributed by atoms with Crippen molar-refractivity contribution in [1.82, 2.24) is 4.90 Å². The van der Waals surface area contributed by atoms with E-state index in [2.05, 4.69) is 18.7 Å². The summed E-state index contributed by atoms with van der Waals surface area (Å²) >= 11 is 0. The van der Waals surface area contributed by atoms with Crippen LogP contribution in [-0.2, 0) is 11.2 Å². The average molecular weight is 311 g/mol. The minimum absolute atomic E-state index is 0.00406. The first-order valence-corrected chi connectivity index (χ1v) is 7.89. The van der Waals surface area contributed by atoms with Crippen molar-refractivity contribution in [2.45, 2.75) is 25.0 Å². The summed E-state index contributed by atoms with van der Waals surface area (Å²) in [7, 11) is 0. The highest BCUT2D eigenvalue weighted by Gasteiger charge is 2.38. The Balaban J connectivity index is 1.79. The average Bonchev–Trinajstić information content (AvgIpc) is 3.24. The number of amides is 1. The van der Waals surface area contributed by atoms with Gasteiger partial charge in [0, 0.05) is 6.54 Å². The molecule has 0 spiro atoms. The van der Waals surface area contributed by atoms with Gasteiger partial charge in [0.2, 0.25) is 0 Å². The predicted octanol–water partition coefficient (Wildman–Crippen LogP) is 3.31. The molecule has 3 rings (SSSR count). The molecule has 2 heterocycles. The zero-order valence-electron chi connectivity index (χ0n) is 13.1. The number of rotatable bonds is 6. The zero-order valence-corrected chi connectivity index (χ0v) is 13.1. The van der Waals surface area contributed by atoms with Gasteiger partial charge in [0.05, 0.1) is 30.6 Å². The molecule has 0 saturated carbocycles. The third kappa shape index (κ3) is 3.54. The first-order chi connectivity index (χ1) is 11.3. The lowest BCUT2D eigenvalue weighted by atomic mass is 10.0. The Hall–Kier alpha value is -2.33. The van der Waals surface area contributed by atoms with Crippen LogP contribution in [0.15, 0.2) is 66.0 Å². The molecule has 23 heavy (non-hydrogen) atoms. The molecule has 1 fully saturated rings. The minimum atomic E-state index is 0.00406.